The van der Waals surface area contributed by atoms with Gasteiger partial charge in [-0.25, -0.2) is 5.01 Å². The Morgan fingerprint density at radius 1 is 0.882 bits per heavy atom. The predicted octanol–water partition coefficient (Wildman–Crippen LogP) is 3.75. The smallest absolute Gasteiger partial charge is 0.0874 e. The van der Waals surface area contributed by atoms with E-state index in [2.05, 4.69) is 28.5 Å². The first-order valence-corrected chi connectivity index (χ1v) is 5.76. The van der Waals surface area contributed by atoms with Crippen LogP contribution < -0.4 is 5.01 Å². The van der Waals surface area contributed by atoms with Crippen molar-refractivity contribution in [1.29, 1.82) is 0 Å². The molecule has 2 aromatic rings. The highest BCUT2D eigenvalue weighted by molar-refractivity contribution is 5.56. The van der Waals surface area contributed by atoms with Gasteiger partial charge in [-0.15, -0.1) is 5.11 Å². The molecule has 0 bridgehead atoms. The van der Waals surface area contributed by atoms with E-state index >= 15 is 0 Å². The molecule has 0 atom stereocenters. The molecule has 0 aromatic heterocycles. The summed E-state index contributed by atoms with van der Waals surface area (Å²) in [6.45, 7) is 0.912. The molecule has 3 nitrogen and oxygen atoms in total. The topological polar surface area (TPSA) is 28.0 Å². The molecule has 0 saturated heterocycles. The van der Waals surface area contributed by atoms with Gasteiger partial charge in [-0.2, -0.15) is 0 Å². The first kappa shape index (κ1) is 10.0. The highest BCUT2D eigenvalue weighted by Gasteiger charge is 2.17. The molecule has 0 spiro atoms. The Labute approximate surface area is 100 Å². The van der Waals surface area contributed by atoms with Crippen LogP contribution in [-0.2, 0) is 6.42 Å². The van der Waals surface area contributed by atoms with Crippen LogP contribution in [0.2, 0.25) is 0 Å². The van der Waals surface area contributed by atoms with E-state index in [4.69, 9.17) is 0 Å². The third kappa shape index (κ3) is 2.04. The summed E-state index contributed by atoms with van der Waals surface area (Å²) in [5, 5.41) is 10.5. The van der Waals surface area contributed by atoms with Crippen LogP contribution in [0.1, 0.15) is 5.56 Å². The van der Waals surface area contributed by atoms with Crippen molar-refractivity contribution < 1.29 is 0 Å². The zero-order valence-corrected chi connectivity index (χ0v) is 9.45. The monoisotopic (exact) mass is 223 g/mol. The molecule has 0 amide bonds. The van der Waals surface area contributed by atoms with Crippen LogP contribution in [0.4, 0.5) is 11.4 Å². The number of para-hydroxylation sites is 1. The molecule has 1 aliphatic rings. The molecule has 3 rings (SSSR count). The molecular weight excluding hydrogens is 210 g/mol. The molecule has 0 aliphatic carbocycles. The van der Waals surface area contributed by atoms with Crippen molar-refractivity contribution in [3.63, 3.8) is 0 Å². The number of hydrogen-bond donors (Lipinski definition) is 0. The van der Waals surface area contributed by atoms with Crippen LogP contribution >= 0.6 is 0 Å². The van der Waals surface area contributed by atoms with E-state index < -0.39 is 0 Å². The molecule has 17 heavy (non-hydrogen) atoms. The number of benzene rings is 2. The van der Waals surface area contributed by atoms with E-state index in [1.165, 1.54) is 11.3 Å². The lowest BCUT2D eigenvalue weighted by Crippen LogP contribution is -2.10. The zero-order valence-electron chi connectivity index (χ0n) is 9.45. The van der Waals surface area contributed by atoms with Crippen molar-refractivity contribution in [3.8, 4) is 0 Å². The fourth-order valence-electron chi connectivity index (χ4n) is 2.01. The number of fused-ring (bicyclic) bond motifs is 1. The van der Waals surface area contributed by atoms with Gasteiger partial charge in [0, 0.05) is 6.54 Å². The minimum Gasteiger partial charge on any atom is -0.246 e. The molecule has 0 fully saturated rings. The first-order valence-electron chi connectivity index (χ1n) is 5.76. The van der Waals surface area contributed by atoms with Gasteiger partial charge in [0.25, 0.3) is 0 Å². The normalized spacial score (nSPS) is 14.2. The van der Waals surface area contributed by atoms with Gasteiger partial charge in [-0.3, -0.25) is 0 Å². The van der Waals surface area contributed by atoms with E-state index in [0.29, 0.717) is 0 Å². The zero-order chi connectivity index (χ0) is 11.5. The Balaban J connectivity index is 1.82. The Morgan fingerprint density at radius 2 is 1.65 bits per heavy atom. The SMILES string of the molecule is c1ccc(/N=N/N2CCc3ccccc32)cc1. The maximum Gasteiger partial charge on any atom is 0.0874 e. The molecule has 0 unspecified atom stereocenters. The van der Waals surface area contributed by atoms with E-state index in [9.17, 15) is 0 Å². The van der Waals surface area contributed by atoms with Crippen molar-refractivity contribution >= 4 is 11.4 Å². The van der Waals surface area contributed by atoms with Crippen LogP contribution in [0.15, 0.2) is 64.9 Å². The van der Waals surface area contributed by atoms with Crippen molar-refractivity contribution in [2.24, 2.45) is 10.3 Å². The summed E-state index contributed by atoms with van der Waals surface area (Å²) in [6.07, 6.45) is 1.05. The van der Waals surface area contributed by atoms with Crippen LogP contribution in [0, 0.1) is 0 Å². The second-order valence-electron chi connectivity index (χ2n) is 4.03. The molecule has 0 radical (unpaired) electrons. The van der Waals surface area contributed by atoms with Gasteiger partial charge < -0.3 is 0 Å². The third-order valence-electron chi connectivity index (χ3n) is 2.89. The number of nitrogens with zero attached hydrogens (tertiary/aromatic N) is 3. The van der Waals surface area contributed by atoms with Crippen LogP contribution in [0.3, 0.4) is 0 Å². The summed E-state index contributed by atoms with van der Waals surface area (Å²) in [6, 6.07) is 18.1. The molecular formula is C14H13N3. The lowest BCUT2D eigenvalue weighted by atomic mass is 10.2. The summed E-state index contributed by atoms with van der Waals surface area (Å²) in [5.41, 5.74) is 3.41. The maximum atomic E-state index is 4.29. The molecule has 2 aromatic carbocycles. The highest BCUT2D eigenvalue weighted by atomic mass is 15.5. The third-order valence-corrected chi connectivity index (χ3v) is 2.89. The van der Waals surface area contributed by atoms with Gasteiger partial charge in [0.1, 0.15) is 0 Å². The molecule has 84 valence electrons. The van der Waals surface area contributed by atoms with Crippen molar-refractivity contribution in [2.75, 3.05) is 11.6 Å². The standard InChI is InChI=1S/C14H13N3/c1-2-7-13(8-3-1)15-16-17-11-10-12-6-4-5-9-14(12)17/h1-9H,10-11H2/b16-15+. The van der Waals surface area contributed by atoms with Crippen molar-refractivity contribution in [1.82, 2.24) is 0 Å². The minimum absolute atomic E-state index is 0.886. The van der Waals surface area contributed by atoms with Crippen LogP contribution in [0.25, 0.3) is 0 Å². The van der Waals surface area contributed by atoms with Crippen LogP contribution in [0.5, 0.6) is 0 Å². The van der Waals surface area contributed by atoms with E-state index in [1.54, 1.807) is 0 Å². The lowest BCUT2D eigenvalue weighted by Gasteiger charge is -2.09. The summed E-state index contributed by atoms with van der Waals surface area (Å²) >= 11 is 0. The largest absolute Gasteiger partial charge is 0.246 e. The van der Waals surface area contributed by atoms with E-state index in [1.807, 2.05) is 41.4 Å². The van der Waals surface area contributed by atoms with Crippen molar-refractivity contribution in [3.05, 3.63) is 60.2 Å². The maximum absolute atomic E-state index is 4.29. The van der Waals surface area contributed by atoms with Gasteiger partial charge in [-0.1, -0.05) is 41.6 Å². The second kappa shape index (κ2) is 4.37. The Hall–Kier alpha value is -2.16. The fraction of sp³-hybridized carbons (Fsp3) is 0.143. The average molecular weight is 223 g/mol. The predicted molar refractivity (Wildman–Crippen MR) is 68.5 cm³/mol. The summed E-state index contributed by atoms with van der Waals surface area (Å²) < 4.78 is 0. The lowest BCUT2D eigenvalue weighted by molar-refractivity contribution is 0.839. The molecule has 1 aliphatic heterocycles. The van der Waals surface area contributed by atoms with Crippen LogP contribution in [-0.4, -0.2) is 6.54 Å². The van der Waals surface area contributed by atoms with Gasteiger partial charge in [0.05, 0.1) is 11.4 Å². The molecule has 0 saturated carbocycles. The second-order valence-corrected chi connectivity index (χ2v) is 4.03. The Morgan fingerprint density at radius 3 is 2.53 bits per heavy atom. The fourth-order valence-corrected chi connectivity index (χ4v) is 2.01. The summed E-state index contributed by atoms with van der Waals surface area (Å²) in [4.78, 5) is 0. The van der Waals surface area contributed by atoms with E-state index in [-0.39, 0.29) is 0 Å². The molecule has 1 heterocycles. The quantitative estimate of drug-likeness (QED) is 0.712. The van der Waals surface area contributed by atoms with Gasteiger partial charge in [0.2, 0.25) is 0 Å². The Bertz CT molecular complexity index is 534. The van der Waals surface area contributed by atoms with Gasteiger partial charge in [-0.05, 0) is 30.2 Å². The van der Waals surface area contributed by atoms with Gasteiger partial charge in [0.15, 0.2) is 0 Å². The van der Waals surface area contributed by atoms with Gasteiger partial charge >= 0.3 is 0 Å². The number of rotatable bonds is 2. The minimum atomic E-state index is 0.886. The number of hydrogen-bond acceptors (Lipinski definition) is 2. The summed E-state index contributed by atoms with van der Waals surface area (Å²) in [7, 11) is 0. The van der Waals surface area contributed by atoms with Crippen molar-refractivity contribution in [2.45, 2.75) is 6.42 Å². The Kier molecular flexibility index (Phi) is 2.58. The molecule has 0 N–H and O–H groups in total. The highest BCUT2D eigenvalue weighted by Crippen LogP contribution is 2.28. The summed E-state index contributed by atoms with van der Waals surface area (Å²) in [5.74, 6) is 0. The molecule has 3 heteroatoms. The van der Waals surface area contributed by atoms with E-state index in [0.717, 1.165) is 18.7 Å². The average Bonchev–Trinajstić information content (AvgIpc) is 2.81. The number of anilines is 1. The first-order chi connectivity index (χ1) is 8.43.